The Morgan fingerprint density at radius 3 is 2.46 bits per heavy atom. The minimum absolute atomic E-state index is 0.0932. The van der Waals surface area contributed by atoms with Gasteiger partial charge in [-0.1, -0.05) is 37.1 Å². The summed E-state index contributed by atoms with van der Waals surface area (Å²) in [5.74, 6) is -1.80. The quantitative estimate of drug-likeness (QED) is 0.349. The van der Waals surface area contributed by atoms with Crippen LogP contribution in [0.25, 0.3) is 0 Å². The van der Waals surface area contributed by atoms with Gasteiger partial charge in [-0.25, -0.2) is 4.79 Å². The second-order valence-electron chi connectivity index (χ2n) is 12.2. The highest BCUT2D eigenvalue weighted by atomic mass is 16.5. The Balaban J connectivity index is 1.53. The number of aliphatic hydroxyl groups excluding tert-OH is 2. The minimum Gasteiger partial charge on any atom is -0.458 e. The number of esters is 1. The van der Waals surface area contributed by atoms with Gasteiger partial charge in [0.25, 0.3) is 0 Å². The van der Waals surface area contributed by atoms with Gasteiger partial charge < -0.3 is 25.2 Å². The molecule has 0 saturated heterocycles. The maximum Gasteiger partial charge on any atom is 0.333 e. The molecule has 192 valence electrons. The van der Waals surface area contributed by atoms with E-state index >= 15 is 0 Å². The number of allylic oxidation sites excluding steroid dienone is 1. The average Bonchev–Trinajstić information content (AvgIpc) is 3.01. The number of rotatable bonds is 2. The van der Waals surface area contributed by atoms with E-state index in [-0.39, 0.29) is 30.5 Å². The summed E-state index contributed by atoms with van der Waals surface area (Å²) in [6.07, 6.45) is 3.93. The summed E-state index contributed by atoms with van der Waals surface area (Å²) < 4.78 is 5.75. The normalized spacial score (nSPS) is 50.2. The van der Waals surface area contributed by atoms with Crippen molar-refractivity contribution in [1.82, 2.24) is 0 Å². The Morgan fingerprint density at radius 2 is 1.80 bits per heavy atom. The smallest absolute Gasteiger partial charge is 0.333 e. The van der Waals surface area contributed by atoms with Gasteiger partial charge in [-0.05, 0) is 64.4 Å². The van der Waals surface area contributed by atoms with Crippen molar-refractivity contribution in [3.8, 4) is 0 Å². The van der Waals surface area contributed by atoms with Crippen molar-refractivity contribution in [3.63, 3.8) is 0 Å². The van der Waals surface area contributed by atoms with E-state index in [1.165, 1.54) is 6.08 Å². The van der Waals surface area contributed by atoms with Crippen LogP contribution >= 0.6 is 0 Å². The molecule has 0 aromatic heterocycles. The van der Waals surface area contributed by atoms with Crippen LogP contribution in [-0.2, 0) is 14.3 Å². The fraction of sp³-hybridized carbons (Fsp3) is 0.714. The zero-order valence-corrected chi connectivity index (χ0v) is 21.2. The van der Waals surface area contributed by atoms with E-state index in [2.05, 4.69) is 0 Å². The zero-order valence-electron chi connectivity index (χ0n) is 21.2. The molecule has 4 aliphatic carbocycles. The number of cyclic esters (lactones) is 1. The van der Waals surface area contributed by atoms with Crippen LogP contribution in [0, 0.1) is 28.6 Å². The number of carbonyl (C=O) groups excluding carboxylic acids is 2. The maximum atomic E-state index is 13.2. The summed E-state index contributed by atoms with van der Waals surface area (Å²) >= 11 is 0. The topological polar surface area (TPSA) is 124 Å². The first-order valence-corrected chi connectivity index (χ1v) is 12.8. The van der Waals surface area contributed by atoms with Crippen LogP contribution in [0.4, 0.5) is 0 Å². The summed E-state index contributed by atoms with van der Waals surface area (Å²) in [5, 5.41) is 46.4. The first-order chi connectivity index (χ1) is 16.2. The summed E-state index contributed by atoms with van der Waals surface area (Å²) in [7, 11) is 0. The van der Waals surface area contributed by atoms with Crippen LogP contribution < -0.4 is 0 Å². The summed E-state index contributed by atoms with van der Waals surface area (Å²) in [6.45, 7) is 9.31. The van der Waals surface area contributed by atoms with Crippen LogP contribution in [0.3, 0.4) is 0 Å². The van der Waals surface area contributed by atoms with E-state index in [4.69, 9.17) is 4.74 Å². The molecule has 0 radical (unpaired) electrons. The largest absolute Gasteiger partial charge is 0.458 e. The molecule has 2 saturated carbocycles. The third kappa shape index (κ3) is 2.87. The molecule has 0 bridgehead atoms. The van der Waals surface area contributed by atoms with E-state index < -0.39 is 52.2 Å². The second kappa shape index (κ2) is 7.60. The molecule has 5 aliphatic rings. The van der Waals surface area contributed by atoms with Gasteiger partial charge in [0.1, 0.15) is 23.4 Å². The fourth-order valence-corrected chi connectivity index (χ4v) is 8.39. The van der Waals surface area contributed by atoms with Gasteiger partial charge in [0.2, 0.25) is 0 Å². The number of fused-ring (bicyclic) bond motifs is 5. The van der Waals surface area contributed by atoms with E-state index in [9.17, 15) is 30.0 Å². The SMILES string of the molecule is CC1=C(C)C(=O)O[C@@H]([C@@H](C)C2=C[C@H](O)[C@]3(O)[C@@H]4C[C@@H](O)[C@@]5(O)CC=CC(=O)[C@]5(C)[C@H]4CC[C@]23C)C1. The highest BCUT2D eigenvalue weighted by molar-refractivity contribution is 5.97. The third-order valence-electron chi connectivity index (χ3n) is 11.0. The zero-order chi connectivity index (χ0) is 25.7. The Kier molecular flexibility index (Phi) is 5.40. The molecule has 0 spiro atoms. The molecule has 2 fully saturated rings. The second-order valence-corrected chi connectivity index (χ2v) is 12.2. The molecule has 7 heteroatoms. The molecule has 0 aromatic carbocycles. The lowest BCUT2D eigenvalue weighted by molar-refractivity contribution is -0.271. The van der Waals surface area contributed by atoms with Gasteiger partial charge in [0.15, 0.2) is 5.78 Å². The molecule has 0 aromatic rings. The number of hydrogen-bond acceptors (Lipinski definition) is 7. The van der Waals surface area contributed by atoms with Crippen molar-refractivity contribution in [1.29, 1.82) is 0 Å². The van der Waals surface area contributed by atoms with E-state index in [0.29, 0.717) is 24.8 Å². The summed E-state index contributed by atoms with van der Waals surface area (Å²) in [6, 6.07) is 0. The number of carbonyl (C=O) groups is 2. The Morgan fingerprint density at radius 1 is 1.11 bits per heavy atom. The van der Waals surface area contributed by atoms with Crippen molar-refractivity contribution in [2.75, 3.05) is 0 Å². The van der Waals surface area contributed by atoms with Crippen LogP contribution in [0.1, 0.15) is 66.7 Å². The minimum atomic E-state index is -1.62. The van der Waals surface area contributed by atoms with E-state index in [1.54, 1.807) is 26.0 Å². The van der Waals surface area contributed by atoms with E-state index in [1.807, 2.05) is 20.8 Å². The Hall–Kier alpha value is -1.80. The molecule has 10 atom stereocenters. The first kappa shape index (κ1) is 24.9. The Bertz CT molecular complexity index is 1070. The third-order valence-corrected chi connectivity index (χ3v) is 11.0. The van der Waals surface area contributed by atoms with Gasteiger partial charge in [-0.2, -0.15) is 0 Å². The van der Waals surface area contributed by atoms with Gasteiger partial charge in [0, 0.05) is 23.3 Å². The summed E-state index contributed by atoms with van der Waals surface area (Å²) in [5.41, 5.74) is -2.85. The molecular weight excluding hydrogens is 448 g/mol. The highest BCUT2D eigenvalue weighted by Gasteiger charge is 2.74. The molecule has 0 unspecified atom stereocenters. The Labute approximate surface area is 206 Å². The molecule has 5 rings (SSSR count). The molecule has 0 amide bonds. The lowest BCUT2D eigenvalue weighted by Gasteiger charge is -2.65. The number of ether oxygens (including phenoxy) is 1. The van der Waals surface area contributed by atoms with Crippen LogP contribution in [-0.4, -0.2) is 61.7 Å². The maximum absolute atomic E-state index is 13.2. The molecular formula is C28H38O7. The molecule has 4 N–H and O–H groups in total. The number of ketones is 1. The molecule has 1 aliphatic heterocycles. The fourth-order valence-electron chi connectivity index (χ4n) is 8.39. The van der Waals surface area contributed by atoms with Crippen molar-refractivity contribution < 1.29 is 34.8 Å². The number of hydrogen-bond donors (Lipinski definition) is 4. The predicted molar refractivity (Wildman–Crippen MR) is 128 cm³/mol. The van der Waals surface area contributed by atoms with Crippen LogP contribution in [0.15, 0.2) is 34.9 Å². The van der Waals surface area contributed by atoms with Crippen molar-refractivity contribution in [2.45, 2.75) is 96.2 Å². The standard InChI is InChI=1S/C28H38O7/c1-14-11-20(35-24(32)15(14)2)16(3)18-12-23(31)28(34)19-13-22(30)27(33)9-6-7-21(29)26(27,5)17(19)8-10-25(18,28)4/h6-7,12,16-17,19-20,22-23,30-31,33-34H,8-11,13H2,1-5H3/t16-,17-,19+,20+,22+,23-,25+,26-,27-,28+/m0/s1. The molecule has 1 heterocycles. The monoisotopic (exact) mass is 486 g/mol. The van der Waals surface area contributed by atoms with Gasteiger partial charge in [-0.3, -0.25) is 4.79 Å². The summed E-state index contributed by atoms with van der Waals surface area (Å²) in [4.78, 5) is 25.6. The van der Waals surface area contributed by atoms with Crippen molar-refractivity contribution >= 4 is 11.8 Å². The predicted octanol–water partition coefficient (Wildman–Crippen LogP) is 2.37. The lowest BCUT2D eigenvalue weighted by atomic mass is 9.41. The molecule has 7 nitrogen and oxygen atoms in total. The first-order valence-electron chi connectivity index (χ1n) is 12.8. The molecule has 35 heavy (non-hydrogen) atoms. The lowest BCUT2D eigenvalue weighted by Crippen LogP contribution is -2.74. The van der Waals surface area contributed by atoms with Crippen molar-refractivity contribution in [3.05, 3.63) is 34.9 Å². The van der Waals surface area contributed by atoms with Crippen LogP contribution in [0.5, 0.6) is 0 Å². The van der Waals surface area contributed by atoms with Gasteiger partial charge in [0.05, 0.1) is 11.5 Å². The van der Waals surface area contributed by atoms with Crippen molar-refractivity contribution in [2.24, 2.45) is 28.6 Å². The highest BCUT2D eigenvalue weighted by Crippen LogP contribution is 2.68. The van der Waals surface area contributed by atoms with Gasteiger partial charge in [-0.15, -0.1) is 0 Å². The number of aliphatic hydroxyl groups is 4. The van der Waals surface area contributed by atoms with Gasteiger partial charge >= 0.3 is 5.97 Å². The average molecular weight is 487 g/mol. The van der Waals surface area contributed by atoms with Crippen LogP contribution in [0.2, 0.25) is 0 Å². The van der Waals surface area contributed by atoms with E-state index in [0.717, 1.165) is 11.1 Å².